The molecule has 29 heavy (non-hydrogen) atoms. The monoisotopic (exact) mass is 460 g/mol. The molecule has 5 nitrogen and oxygen atoms in total. The molecule has 1 aromatic rings. The highest BCUT2D eigenvalue weighted by atomic mass is 35.5. The van der Waals surface area contributed by atoms with Gasteiger partial charge in [0.25, 0.3) is 0 Å². The Morgan fingerprint density at radius 2 is 1.55 bits per heavy atom. The highest BCUT2D eigenvalue weighted by Crippen LogP contribution is 2.32. The second-order valence-corrected chi connectivity index (χ2v) is 11.2. The summed E-state index contributed by atoms with van der Waals surface area (Å²) in [5.74, 6) is -0.226. The van der Waals surface area contributed by atoms with E-state index in [1.807, 2.05) is 71.5 Å². The number of carbonyl (C=O) groups is 1. The van der Waals surface area contributed by atoms with Crippen LogP contribution in [0.5, 0.6) is 0 Å². The van der Waals surface area contributed by atoms with Crippen LogP contribution in [0.25, 0.3) is 0 Å². The van der Waals surface area contributed by atoms with E-state index in [-0.39, 0.29) is 12.6 Å². The molecule has 0 spiro atoms. The van der Waals surface area contributed by atoms with Crippen molar-refractivity contribution in [3.63, 3.8) is 0 Å². The first-order valence-corrected chi connectivity index (χ1v) is 12.9. The number of hydrogen-bond acceptors (Lipinski definition) is 6. The summed E-state index contributed by atoms with van der Waals surface area (Å²) in [5.41, 5.74) is 1.43. The van der Waals surface area contributed by atoms with Crippen molar-refractivity contribution in [3.05, 3.63) is 39.9 Å². The van der Waals surface area contributed by atoms with Gasteiger partial charge in [-0.2, -0.15) is 0 Å². The topological polar surface area (TPSA) is 54.0 Å². The number of benzene rings is 1. The zero-order valence-electron chi connectivity index (χ0n) is 18.2. The van der Waals surface area contributed by atoms with E-state index < -0.39 is 14.2 Å². The van der Waals surface area contributed by atoms with Crippen LogP contribution in [0.15, 0.2) is 39.8 Å². The van der Waals surface area contributed by atoms with Crippen molar-refractivity contribution in [2.45, 2.75) is 52.9 Å². The van der Waals surface area contributed by atoms with Gasteiger partial charge in [-0.15, -0.1) is 0 Å². The normalized spacial score (nSPS) is 12.9. The summed E-state index contributed by atoms with van der Waals surface area (Å²) in [6.07, 6.45) is 0.539. The van der Waals surface area contributed by atoms with Crippen LogP contribution in [0, 0.1) is 5.41 Å². The molecule has 0 atom stereocenters. The van der Waals surface area contributed by atoms with Gasteiger partial charge in [0.15, 0.2) is 0 Å². The summed E-state index contributed by atoms with van der Waals surface area (Å²) in [6, 6.07) is 7.60. The number of ether oxygens (including phenoxy) is 1. The molecule has 0 saturated heterocycles. The average Bonchev–Trinajstić information content (AvgIpc) is 2.63. The van der Waals surface area contributed by atoms with Crippen LogP contribution in [0.1, 0.15) is 48.0 Å². The minimum atomic E-state index is -2.99. The van der Waals surface area contributed by atoms with E-state index in [9.17, 15) is 4.79 Å². The third-order valence-corrected chi connectivity index (χ3v) is 7.96. The van der Waals surface area contributed by atoms with E-state index >= 15 is 0 Å². The number of hydrogen-bond donors (Lipinski definition) is 0. The van der Waals surface area contributed by atoms with Crippen molar-refractivity contribution in [3.8, 4) is 0 Å². The molecular formula is C21H33ClO5SSi. The lowest BCUT2D eigenvalue weighted by atomic mass is 9.97. The van der Waals surface area contributed by atoms with E-state index in [0.717, 1.165) is 9.80 Å². The molecule has 1 aromatic carbocycles. The van der Waals surface area contributed by atoms with Crippen LogP contribution in [0.4, 0.5) is 0 Å². The Labute approximate surface area is 185 Å². The fourth-order valence-electron chi connectivity index (χ4n) is 2.32. The van der Waals surface area contributed by atoms with Crippen molar-refractivity contribution in [2.24, 2.45) is 5.41 Å². The molecule has 0 bridgehead atoms. The van der Waals surface area contributed by atoms with Gasteiger partial charge < -0.3 is 18.0 Å². The van der Waals surface area contributed by atoms with Gasteiger partial charge in [-0.3, -0.25) is 4.79 Å². The van der Waals surface area contributed by atoms with Crippen LogP contribution in [-0.4, -0.2) is 41.2 Å². The zero-order chi connectivity index (χ0) is 21.9. The van der Waals surface area contributed by atoms with Crippen LogP contribution >= 0.6 is 23.4 Å². The van der Waals surface area contributed by atoms with Crippen molar-refractivity contribution in [1.29, 1.82) is 0 Å². The average molecular weight is 461 g/mol. The van der Waals surface area contributed by atoms with E-state index in [0.29, 0.717) is 31.3 Å². The Hall–Kier alpha value is -0.833. The molecule has 0 radical (unpaired) electrons. The van der Waals surface area contributed by atoms with Crippen LogP contribution in [0.3, 0.4) is 0 Å². The summed E-state index contributed by atoms with van der Waals surface area (Å²) < 4.78 is 23.3. The molecule has 0 fully saturated rings. The number of thioether (sulfide) groups is 1. The van der Waals surface area contributed by atoms with Gasteiger partial charge in [-0.25, -0.2) is 0 Å². The standard InChI is InChI=1S/C21H33ClO5SSi/c1-7-25-29(26-8-2,27-9-3)16-19(14-15-24-20(23)21(4,5)6)28-18-12-10-17(22)11-13-18/h10-13,16H,7-9,14-15H2,1-6H3. The van der Waals surface area contributed by atoms with Gasteiger partial charge in [0.2, 0.25) is 0 Å². The second-order valence-electron chi connectivity index (χ2n) is 7.21. The quantitative estimate of drug-likeness (QED) is 0.220. The summed E-state index contributed by atoms with van der Waals surface area (Å²) >= 11 is 7.57. The maximum absolute atomic E-state index is 12.1. The lowest BCUT2D eigenvalue weighted by Gasteiger charge is -2.26. The minimum absolute atomic E-state index is 0.226. The molecular weight excluding hydrogens is 428 g/mol. The Morgan fingerprint density at radius 1 is 1.03 bits per heavy atom. The summed E-state index contributed by atoms with van der Waals surface area (Å²) in [5, 5.41) is 0.681. The van der Waals surface area contributed by atoms with Gasteiger partial charge in [0, 0.05) is 36.2 Å². The lowest BCUT2D eigenvalue weighted by Crippen LogP contribution is -2.44. The molecule has 0 aliphatic heterocycles. The van der Waals surface area contributed by atoms with E-state index in [1.165, 1.54) is 0 Å². The summed E-state index contributed by atoms with van der Waals surface area (Å²) in [7, 11) is -2.99. The molecule has 164 valence electrons. The zero-order valence-corrected chi connectivity index (χ0v) is 20.8. The van der Waals surface area contributed by atoms with Crippen LogP contribution in [-0.2, 0) is 22.8 Å². The Kier molecular flexibility index (Phi) is 11.5. The number of carbonyl (C=O) groups excluding carboxylic acids is 1. The maximum Gasteiger partial charge on any atom is 0.530 e. The van der Waals surface area contributed by atoms with Gasteiger partial charge in [-0.05, 0) is 76.4 Å². The molecule has 8 heteroatoms. The lowest BCUT2D eigenvalue weighted by molar-refractivity contribution is -0.152. The fourth-order valence-corrected chi connectivity index (χ4v) is 6.12. The van der Waals surface area contributed by atoms with Crippen molar-refractivity contribution in [2.75, 3.05) is 26.4 Å². The third kappa shape index (κ3) is 9.68. The van der Waals surface area contributed by atoms with Crippen molar-refractivity contribution < 1.29 is 22.8 Å². The van der Waals surface area contributed by atoms with E-state index in [1.54, 1.807) is 11.8 Å². The predicted octanol–water partition coefficient (Wildman–Crippen LogP) is 5.88. The van der Waals surface area contributed by atoms with Gasteiger partial charge in [-0.1, -0.05) is 23.4 Å². The molecule has 0 saturated carbocycles. The summed E-state index contributed by atoms with van der Waals surface area (Å²) in [6.45, 7) is 13.0. The Bertz CT molecular complexity index is 641. The number of halogens is 1. The minimum Gasteiger partial charge on any atom is -0.465 e. The van der Waals surface area contributed by atoms with Crippen molar-refractivity contribution >= 4 is 38.1 Å². The third-order valence-electron chi connectivity index (χ3n) is 3.63. The number of esters is 1. The molecule has 0 aliphatic carbocycles. The SMILES string of the molecule is CCO[Si](C=C(CCOC(=O)C(C)(C)C)Sc1ccc(Cl)cc1)(OCC)OCC. The molecule has 0 aromatic heterocycles. The highest BCUT2D eigenvalue weighted by molar-refractivity contribution is 8.03. The fraction of sp³-hybridized carbons (Fsp3) is 0.571. The van der Waals surface area contributed by atoms with Gasteiger partial charge in [0.05, 0.1) is 12.0 Å². The summed E-state index contributed by atoms with van der Waals surface area (Å²) in [4.78, 5) is 14.1. The Morgan fingerprint density at radius 3 is 2.00 bits per heavy atom. The molecule has 0 unspecified atom stereocenters. The molecule has 0 heterocycles. The first-order valence-electron chi connectivity index (χ1n) is 9.90. The van der Waals surface area contributed by atoms with E-state index in [2.05, 4.69) is 0 Å². The highest BCUT2D eigenvalue weighted by Gasteiger charge is 2.39. The first-order chi connectivity index (χ1) is 13.7. The molecule has 0 amide bonds. The van der Waals surface area contributed by atoms with Crippen LogP contribution in [0.2, 0.25) is 5.02 Å². The Balaban J connectivity index is 3.09. The second kappa shape index (κ2) is 12.8. The van der Waals surface area contributed by atoms with Crippen LogP contribution < -0.4 is 0 Å². The molecule has 0 N–H and O–H groups in total. The van der Waals surface area contributed by atoms with Gasteiger partial charge >= 0.3 is 14.8 Å². The number of rotatable bonds is 12. The molecule has 1 rings (SSSR count). The smallest absolute Gasteiger partial charge is 0.465 e. The van der Waals surface area contributed by atoms with Crippen molar-refractivity contribution in [1.82, 2.24) is 0 Å². The maximum atomic E-state index is 12.1. The first kappa shape index (κ1) is 26.2. The van der Waals surface area contributed by atoms with E-state index in [4.69, 9.17) is 29.6 Å². The largest absolute Gasteiger partial charge is 0.530 e. The molecule has 0 aliphatic rings. The van der Waals surface area contributed by atoms with Gasteiger partial charge in [0.1, 0.15) is 0 Å². The predicted molar refractivity (Wildman–Crippen MR) is 121 cm³/mol.